The molecule has 0 radical (unpaired) electrons. The van der Waals surface area contributed by atoms with Crippen molar-refractivity contribution in [1.29, 1.82) is 0 Å². The second-order valence-electron chi connectivity index (χ2n) is 7.11. The highest BCUT2D eigenvalue weighted by Gasteiger charge is 2.10. The van der Waals surface area contributed by atoms with Gasteiger partial charge in [0.2, 0.25) is 0 Å². The normalized spacial score (nSPS) is 12.5. The molecule has 0 aliphatic carbocycles. The molecule has 2 rings (SSSR count). The summed E-state index contributed by atoms with van der Waals surface area (Å²) in [6.45, 7) is 13.0. The lowest BCUT2D eigenvalue weighted by atomic mass is 10.1. The molecule has 5 heteroatoms. The van der Waals surface area contributed by atoms with Crippen molar-refractivity contribution in [2.45, 2.75) is 34.6 Å². The first-order valence-corrected chi connectivity index (χ1v) is 10.00. The van der Waals surface area contributed by atoms with Crippen molar-refractivity contribution in [3.8, 4) is 16.2 Å². The molecule has 4 nitrogen and oxygen atoms in total. The third kappa shape index (κ3) is 5.92. The van der Waals surface area contributed by atoms with Gasteiger partial charge < -0.3 is 9.47 Å². The molecule has 1 aromatic carbocycles. The van der Waals surface area contributed by atoms with E-state index in [1.54, 1.807) is 64.2 Å². The van der Waals surface area contributed by atoms with Crippen molar-refractivity contribution >= 4 is 35.9 Å². The van der Waals surface area contributed by atoms with Gasteiger partial charge in [-0.15, -0.1) is 11.3 Å². The van der Waals surface area contributed by atoms with Crippen LogP contribution in [0, 0.1) is 11.8 Å². The van der Waals surface area contributed by atoms with Gasteiger partial charge in [-0.3, -0.25) is 9.59 Å². The molecule has 0 amide bonds. The molecule has 0 spiro atoms. The number of ether oxygens (including phenoxy) is 2. The predicted octanol–water partition coefficient (Wildman–Crippen LogP) is 4.27. The lowest BCUT2D eigenvalue weighted by molar-refractivity contribution is -0.143. The van der Waals surface area contributed by atoms with Gasteiger partial charge in [0.1, 0.15) is 11.5 Å². The van der Waals surface area contributed by atoms with Crippen LogP contribution in [0.4, 0.5) is 0 Å². The van der Waals surface area contributed by atoms with Crippen LogP contribution in [0.15, 0.2) is 42.2 Å². The summed E-state index contributed by atoms with van der Waals surface area (Å²) in [6, 6.07) is 9.46. The summed E-state index contributed by atoms with van der Waals surface area (Å²) in [5.74, 6) is 0.248. The molecule has 28 heavy (non-hydrogen) atoms. The van der Waals surface area contributed by atoms with E-state index in [9.17, 15) is 9.59 Å². The van der Waals surface area contributed by atoms with E-state index in [4.69, 9.17) is 9.47 Å². The molecular weight excluding hydrogens is 372 g/mol. The number of hydrogen-bond donors (Lipinski definition) is 0. The number of benzene rings is 1. The molecule has 1 heterocycles. The van der Waals surface area contributed by atoms with Gasteiger partial charge in [-0.05, 0) is 54.1 Å². The Morgan fingerprint density at radius 3 is 2.21 bits per heavy atom. The van der Waals surface area contributed by atoms with E-state index in [1.807, 2.05) is 24.3 Å². The number of carbonyl (C=O) groups excluding carboxylic acids is 2. The van der Waals surface area contributed by atoms with Crippen LogP contribution in [0.1, 0.15) is 34.6 Å². The Kier molecular flexibility index (Phi) is 7.35. The largest absolute Gasteiger partial charge is 0.431 e. The average molecular weight is 399 g/mol. The van der Waals surface area contributed by atoms with E-state index in [-0.39, 0.29) is 23.8 Å². The van der Waals surface area contributed by atoms with Crippen LogP contribution >= 0.6 is 11.3 Å². The van der Waals surface area contributed by atoms with Crippen molar-refractivity contribution in [3.63, 3.8) is 0 Å². The molecule has 0 aliphatic heterocycles. The first kappa shape index (κ1) is 21.6. The zero-order chi connectivity index (χ0) is 20.8. The molecule has 0 atom stereocenters. The first-order valence-electron chi connectivity index (χ1n) is 9.18. The minimum absolute atomic E-state index is 0.165. The number of rotatable bonds is 6. The molecular formula is C23H26O4S. The third-order valence-corrected chi connectivity index (χ3v) is 4.96. The highest BCUT2D eigenvalue weighted by atomic mass is 32.1. The molecule has 0 saturated heterocycles. The lowest BCUT2D eigenvalue weighted by Crippen LogP contribution is -2.15. The Morgan fingerprint density at radius 1 is 1.04 bits per heavy atom. The predicted molar refractivity (Wildman–Crippen MR) is 114 cm³/mol. The van der Waals surface area contributed by atoms with Gasteiger partial charge >= 0.3 is 11.9 Å². The number of carbonyl (C=O) groups is 2. The van der Waals surface area contributed by atoms with Crippen LogP contribution in [0.3, 0.4) is 0 Å². The number of hydrogen-bond acceptors (Lipinski definition) is 5. The zero-order valence-corrected chi connectivity index (χ0v) is 17.8. The Bertz CT molecular complexity index is 979. The monoisotopic (exact) mass is 398 g/mol. The maximum Gasteiger partial charge on any atom is 0.313 e. The highest BCUT2D eigenvalue weighted by molar-refractivity contribution is 7.13. The minimum atomic E-state index is -0.249. The van der Waals surface area contributed by atoms with Crippen LogP contribution < -0.4 is 14.5 Å². The van der Waals surface area contributed by atoms with Gasteiger partial charge in [0.05, 0.1) is 11.8 Å². The molecule has 0 fully saturated rings. The quantitative estimate of drug-likeness (QED) is 0.414. The fourth-order valence-electron chi connectivity index (χ4n) is 2.17. The van der Waals surface area contributed by atoms with Crippen LogP contribution in [-0.4, -0.2) is 11.9 Å². The van der Waals surface area contributed by atoms with Crippen LogP contribution in [0.2, 0.25) is 0 Å². The van der Waals surface area contributed by atoms with Gasteiger partial charge in [-0.25, -0.2) is 0 Å². The van der Waals surface area contributed by atoms with Crippen molar-refractivity contribution in [1.82, 2.24) is 0 Å². The molecule has 0 unspecified atom stereocenters. The second kappa shape index (κ2) is 9.51. The standard InChI is InChI=1S/C23H26O4S/c1-14(2)22(24)26-16(5)7-8-19-13-21(28-17(19)6)18-9-11-20(12-10-18)27-23(25)15(3)4/h7-15H,6H2,1-5H3/b16-7+,19-8-. The molecule has 1 aromatic heterocycles. The van der Waals surface area contributed by atoms with E-state index in [1.165, 1.54) is 0 Å². The summed E-state index contributed by atoms with van der Waals surface area (Å²) >= 11 is 1.58. The summed E-state index contributed by atoms with van der Waals surface area (Å²) in [4.78, 5) is 24.4. The van der Waals surface area contributed by atoms with E-state index in [0.717, 1.165) is 20.2 Å². The lowest BCUT2D eigenvalue weighted by Gasteiger charge is -2.06. The Hall–Kier alpha value is -2.66. The second-order valence-corrected chi connectivity index (χ2v) is 8.25. The summed E-state index contributed by atoms with van der Waals surface area (Å²) in [7, 11) is 0. The van der Waals surface area contributed by atoms with E-state index < -0.39 is 0 Å². The van der Waals surface area contributed by atoms with Crippen LogP contribution in [0.5, 0.6) is 5.75 Å². The Morgan fingerprint density at radius 2 is 1.64 bits per heavy atom. The molecule has 0 bridgehead atoms. The first-order chi connectivity index (χ1) is 13.2. The maximum atomic E-state index is 11.7. The highest BCUT2D eigenvalue weighted by Crippen LogP contribution is 2.24. The number of thiophene rings is 1. The van der Waals surface area contributed by atoms with Gasteiger partial charge in [0.25, 0.3) is 0 Å². The topological polar surface area (TPSA) is 52.6 Å². The minimum Gasteiger partial charge on any atom is -0.431 e. The Balaban J connectivity index is 2.18. The zero-order valence-electron chi connectivity index (χ0n) is 16.9. The summed E-state index contributed by atoms with van der Waals surface area (Å²) in [6.07, 6.45) is 3.67. The van der Waals surface area contributed by atoms with Crippen LogP contribution in [-0.2, 0) is 14.3 Å². The molecule has 0 saturated carbocycles. The molecule has 2 aromatic rings. The third-order valence-electron chi connectivity index (χ3n) is 3.90. The summed E-state index contributed by atoms with van der Waals surface area (Å²) in [5.41, 5.74) is 1.02. The van der Waals surface area contributed by atoms with Gasteiger partial charge in [0.15, 0.2) is 0 Å². The molecule has 0 N–H and O–H groups in total. The van der Waals surface area contributed by atoms with Gasteiger partial charge in [0, 0.05) is 9.41 Å². The summed E-state index contributed by atoms with van der Waals surface area (Å²) in [5, 5.41) is 0.968. The summed E-state index contributed by atoms with van der Waals surface area (Å²) < 4.78 is 11.5. The van der Waals surface area contributed by atoms with Crippen molar-refractivity contribution in [2.24, 2.45) is 11.8 Å². The fraction of sp³-hybridized carbons (Fsp3) is 0.304. The molecule has 0 aliphatic rings. The van der Waals surface area contributed by atoms with Crippen LogP contribution in [0.25, 0.3) is 23.1 Å². The van der Waals surface area contributed by atoms with Gasteiger partial charge in [-0.2, -0.15) is 0 Å². The van der Waals surface area contributed by atoms with Crippen molar-refractivity contribution in [2.75, 3.05) is 0 Å². The maximum absolute atomic E-state index is 11.7. The van der Waals surface area contributed by atoms with Gasteiger partial charge in [-0.1, -0.05) is 40.3 Å². The number of esters is 2. The number of allylic oxidation sites excluding steroid dienone is 2. The molecule has 148 valence electrons. The fourth-order valence-corrected chi connectivity index (χ4v) is 3.12. The van der Waals surface area contributed by atoms with E-state index >= 15 is 0 Å². The average Bonchev–Trinajstić information content (AvgIpc) is 3.01. The SMILES string of the molecule is C=c1sc(-c2ccc(OC(=O)C(C)C)cc2)c/c1=C/C=C(\C)OC(=O)C(C)C. The van der Waals surface area contributed by atoms with Crippen molar-refractivity contribution < 1.29 is 19.1 Å². The van der Waals surface area contributed by atoms with E-state index in [2.05, 4.69) is 6.58 Å². The van der Waals surface area contributed by atoms with Crippen molar-refractivity contribution in [3.05, 3.63) is 51.9 Å². The smallest absolute Gasteiger partial charge is 0.313 e. The van der Waals surface area contributed by atoms with E-state index in [0.29, 0.717) is 11.5 Å². The Labute approximate surface area is 169 Å².